The topological polar surface area (TPSA) is 98.9 Å². The summed E-state index contributed by atoms with van der Waals surface area (Å²) in [5.74, 6) is 0. The number of rotatable bonds is 0. The van der Waals surface area contributed by atoms with Crippen molar-refractivity contribution < 1.29 is 0 Å². The number of H-pyrrole nitrogens is 3. The Bertz CT molecular complexity index is 1560. The van der Waals surface area contributed by atoms with Gasteiger partial charge >= 0.3 is 0 Å². The Kier molecular flexibility index (Phi) is 2.15. The van der Waals surface area contributed by atoms with Gasteiger partial charge in [-0.25, -0.2) is 9.97 Å². The van der Waals surface area contributed by atoms with Crippen LogP contribution in [0.25, 0.3) is 65.7 Å². The van der Waals surface area contributed by atoms with Gasteiger partial charge in [-0.3, -0.25) is 9.97 Å². The molecule has 7 aromatic heterocycles. The van der Waals surface area contributed by atoms with Gasteiger partial charge in [-0.1, -0.05) is 0 Å². The maximum absolute atomic E-state index is 4.65. The molecule has 0 amide bonds. The number of aromatic amines is 3. The molecule has 0 atom stereocenters. The van der Waals surface area contributed by atoms with Gasteiger partial charge in [0.1, 0.15) is 11.3 Å². The minimum absolute atomic E-state index is 0.849. The fourth-order valence-corrected chi connectivity index (χ4v) is 4.19. The molecule has 0 spiro atoms. The molecule has 0 aliphatic rings. The van der Waals surface area contributed by atoms with E-state index >= 15 is 0 Å². The minimum atomic E-state index is 0.849. The van der Waals surface area contributed by atoms with Gasteiger partial charge in [0, 0.05) is 58.7 Å². The highest BCUT2D eigenvalue weighted by Gasteiger charge is 2.17. The summed E-state index contributed by atoms with van der Waals surface area (Å²) < 4.78 is 0. The predicted molar refractivity (Wildman–Crippen MR) is 106 cm³/mol. The summed E-state index contributed by atoms with van der Waals surface area (Å²) >= 11 is 0. The number of aromatic nitrogens is 7. The Morgan fingerprint density at radius 3 is 1.59 bits per heavy atom. The third kappa shape index (κ3) is 1.52. The molecule has 27 heavy (non-hydrogen) atoms. The van der Waals surface area contributed by atoms with Crippen molar-refractivity contribution in [2.45, 2.75) is 0 Å². The summed E-state index contributed by atoms with van der Waals surface area (Å²) in [6.45, 7) is 0. The van der Waals surface area contributed by atoms with Crippen LogP contribution in [0, 0.1) is 0 Å². The summed E-state index contributed by atoms with van der Waals surface area (Å²) in [6.07, 6.45) is 11.1. The molecule has 7 nitrogen and oxygen atoms in total. The molecule has 7 heterocycles. The van der Waals surface area contributed by atoms with E-state index in [2.05, 4.69) is 34.9 Å². The molecule has 0 bridgehead atoms. The molecule has 0 saturated carbocycles. The first-order valence-corrected chi connectivity index (χ1v) is 8.65. The van der Waals surface area contributed by atoms with Crippen LogP contribution < -0.4 is 0 Å². The third-order valence-corrected chi connectivity index (χ3v) is 5.38. The second-order valence-electron chi connectivity index (χ2n) is 6.76. The minimum Gasteiger partial charge on any atom is -0.353 e. The second kappa shape index (κ2) is 4.39. The summed E-state index contributed by atoms with van der Waals surface area (Å²) in [4.78, 5) is 28.3. The molecule has 0 aliphatic carbocycles. The highest BCUT2D eigenvalue weighted by atomic mass is 14.9. The van der Waals surface area contributed by atoms with E-state index in [1.807, 2.05) is 36.9 Å². The van der Waals surface area contributed by atoms with Crippen LogP contribution in [-0.4, -0.2) is 34.9 Å². The van der Waals surface area contributed by atoms with E-state index in [4.69, 9.17) is 0 Å². The lowest BCUT2D eigenvalue weighted by Crippen LogP contribution is -1.78. The first-order chi connectivity index (χ1) is 13.4. The standard InChI is InChI=1S/C20H11N7/c1-3-21-5-11-13(1)25-19-15(11)17-9(7-23-19)10-8-24-20-16(18(10)27-17)12-6-22-4-2-14(12)26-20/h1-8,27H,(H,23,25)(H,24,26). The van der Waals surface area contributed by atoms with E-state index in [0.29, 0.717) is 0 Å². The van der Waals surface area contributed by atoms with Gasteiger partial charge in [-0.2, -0.15) is 0 Å². The van der Waals surface area contributed by atoms with Gasteiger partial charge in [0.2, 0.25) is 0 Å². The molecule has 0 fully saturated rings. The first-order valence-electron chi connectivity index (χ1n) is 8.65. The predicted octanol–water partition coefficient (Wildman–Crippen LogP) is 4.17. The molecule has 126 valence electrons. The molecule has 7 heteroatoms. The maximum Gasteiger partial charge on any atom is 0.140 e. The molecule has 0 aromatic carbocycles. The highest BCUT2D eigenvalue weighted by molar-refractivity contribution is 6.28. The molecule has 7 rings (SSSR count). The Morgan fingerprint density at radius 1 is 0.556 bits per heavy atom. The quantitative estimate of drug-likeness (QED) is 0.383. The van der Waals surface area contributed by atoms with Gasteiger partial charge in [0.05, 0.1) is 32.8 Å². The summed E-state index contributed by atoms with van der Waals surface area (Å²) in [5.41, 5.74) is 5.84. The fraction of sp³-hybridized carbons (Fsp3) is 0. The van der Waals surface area contributed by atoms with Crippen LogP contribution in [0.3, 0.4) is 0 Å². The van der Waals surface area contributed by atoms with Crippen molar-refractivity contribution in [1.29, 1.82) is 0 Å². The Hall–Kier alpha value is -4.00. The van der Waals surface area contributed by atoms with Gasteiger partial charge in [0.15, 0.2) is 0 Å². The zero-order chi connectivity index (χ0) is 17.5. The smallest absolute Gasteiger partial charge is 0.140 e. The molecule has 0 saturated heterocycles. The molecule has 0 radical (unpaired) electrons. The van der Waals surface area contributed by atoms with E-state index in [1.165, 1.54) is 0 Å². The van der Waals surface area contributed by atoms with Gasteiger partial charge < -0.3 is 15.0 Å². The highest BCUT2D eigenvalue weighted by Crippen LogP contribution is 2.37. The zero-order valence-corrected chi connectivity index (χ0v) is 13.9. The number of fused-ring (bicyclic) bond motifs is 11. The SMILES string of the molecule is c1cc2[nH]c3ncc4c5cnc6[nH]c7ccncc7c6c5[nH]c4c3c2cn1. The number of nitrogens with zero attached hydrogens (tertiary/aromatic N) is 4. The maximum atomic E-state index is 4.65. The average molecular weight is 349 g/mol. The van der Waals surface area contributed by atoms with Crippen LogP contribution in [0.15, 0.2) is 49.3 Å². The number of pyridine rings is 4. The molecular formula is C20H11N7. The van der Waals surface area contributed by atoms with Gasteiger partial charge in [-0.15, -0.1) is 0 Å². The molecule has 0 unspecified atom stereocenters. The van der Waals surface area contributed by atoms with Crippen molar-refractivity contribution in [3.63, 3.8) is 0 Å². The lowest BCUT2D eigenvalue weighted by Gasteiger charge is -1.94. The van der Waals surface area contributed by atoms with E-state index in [-0.39, 0.29) is 0 Å². The van der Waals surface area contributed by atoms with E-state index < -0.39 is 0 Å². The van der Waals surface area contributed by atoms with E-state index in [0.717, 1.165) is 65.7 Å². The van der Waals surface area contributed by atoms with Crippen LogP contribution in [-0.2, 0) is 0 Å². The van der Waals surface area contributed by atoms with Crippen molar-refractivity contribution in [1.82, 2.24) is 34.9 Å². The van der Waals surface area contributed by atoms with E-state index in [9.17, 15) is 0 Å². The molecule has 0 aliphatic heterocycles. The van der Waals surface area contributed by atoms with Crippen molar-refractivity contribution >= 4 is 65.7 Å². The van der Waals surface area contributed by atoms with Crippen molar-refractivity contribution in [3.8, 4) is 0 Å². The summed E-state index contributed by atoms with van der Waals surface area (Å²) in [6, 6.07) is 3.94. The Labute approximate surface area is 150 Å². The van der Waals surface area contributed by atoms with Crippen LogP contribution >= 0.6 is 0 Å². The lowest BCUT2D eigenvalue weighted by atomic mass is 10.1. The van der Waals surface area contributed by atoms with Crippen LogP contribution in [0.1, 0.15) is 0 Å². The van der Waals surface area contributed by atoms with E-state index in [1.54, 1.807) is 12.4 Å². The van der Waals surface area contributed by atoms with Crippen LogP contribution in [0.5, 0.6) is 0 Å². The Balaban J connectivity index is 1.78. The third-order valence-electron chi connectivity index (χ3n) is 5.38. The number of hydrogen-bond donors (Lipinski definition) is 3. The Morgan fingerprint density at radius 2 is 1.07 bits per heavy atom. The number of hydrogen-bond acceptors (Lipinski definition) is 4. The van der Waals surface area contributed by atoms with Crippen LogP contribution in [0.2, 0.25) is 0 Å². The number of nitrogens with one attached hydrogen (secondary N) is 3. The lowest BCUT2D eigenvalue weighted by molar-refractivity contribution is 1.34. The average Bonchev–Trinajstić information content (AvgIpc) is 3.37. The molecular weight excluding hydrogens is 338 g/mol. The van der Waals surface area contributed by atoms with Crippen molar-refractivity contribution in [2.75, 3.05) is 0 Å². The van der Waals surface area contributed by atoms with Crippen LogP contribution in [0.4, 0.5) is 0 Å². The monoisotopic (exact) mass is 349 g/mol. The summed E-state index contributed by atoms with van der Waals surface area (Å²) in [5, 5.41) is 6.32. The zero-order valence-electron chi connectivity index (χ0n) is 13.9. The van der Waals surface area contributed by atoms with Gasteiger partial charge in [0.25, 0.3) is 0 Å². The van der Waals surface area contributed by atoms with Crippen molar-refractivity contribution in [2.24, 2.45) is 0 Å². The summed E-state index contributed by atoms with van der Waals surface area (Å²) in [7, 11) is 0. The molecule has 7 aromatic rings. The second-order valence-corrected chi connectivity index (χ2v) is 6.76. The largest absolute Gasteiger partial charge is 0.353 e. The normalized spacial score (nSPS) is 12.4. The van der Waals surface area contributed by atoms with Crippen molar-refractivity contribution in [3.05, 3.63) is 49.3 Å². The first kappa shape index (κ1) is 13.2. The fourth-order valence-electron chi connectivity index (χ4n) is 4.19. The molecule has 3 N–H and O–H groups in total. The van der Waals surface area contributed by atoms with Gasteiger partial charge in [-0.05, 0) is 12.1 Å².